The Labute approximate surface area is 166 Å². The lowest BCUT2D eigenvalue weighted by Crippen LogP contribution is -2.30. The Hall–Kier alpha value is -2.82. The van der Waals surface area contributed by atoms with E-state index in [1.54, 1.807) is 0 Å². The number of amides is 3. The molecule has 2 atom stereocenters. The predicted molar refractivity (Wildman–Crippen MR) is 111 cm³/mol. The van der Waals surface area contributed by atoms with E-state index in [2.05, 4.69) is 16.0 Å². The quantitative estimate of drug-likeness (QED) is 0.578. The zero-order chi connectivity index (χ0) is 19.8. The minimum absolute atomic E-state index is 0.0712. The van der Waals surface area contributed by atoms with Gasteiger partial charge in [0.05, 0.1) is 12.1 Å². The van der Waals surface area contributed by atoms with Gasteiger partial charge >= 0.3 is 6.03 Å². The standard InChI is InChI=1S/C23H29N3O2/c1-17-20(25-23(28)24-17)15-9-4-10-16-21(27)26-22(18-11-5-2-6-12-18)19-13-7-3-8-14-19/h2-3,5-8,11-14,17,20,22H,4,9-10,15-16H2,1H3,(H,26,27)(H2,24,25,28)/t17-,20+/m1/s1. The molecule has 1 heterocycles. The minimum atomic E-state index is -0.129. The molecule has 3 rings (SSSR count). The molecule has 0 bridgehead atoms. The van der Waals surface area contributed by atoms with Crippen molar-refractivity contribution < 1.29 is 9.59 Å². The molecule has 1 saturated heterocycles. The summed E-state index contributed by atoms with van der Waals surface area (Å²) in [6.45, 7) is 2.02. The normalized spacial score (nSPS) is 18.6. The molecule has 1 aliphatic heterocycles. The summed E-state index contributed by atoms with van der Waals surface area (Å²) in [4.78, 5) is 23.8. The van der Waals surface area contributed by atoms with Crippen LogP contribution in [0.1, 0.15) is 56.2 Å². The lowest BCUT2D eigenvalue weighted by atomic mass is 9.98. The molecule has 0 unspecified atom stereocenters. The molecule has 0 spiro atoms. The monoisotopic (exact) mass is 379 g/mol. The van der Waals surface area contributed by atoms with Crippen molar-refractivity contribution >= 4 is 11.9 Å². The first-order chi connectivity index (χ1) is 13.6. The maximum Gasteiger partial charge on any atom is 0.315 e. The molecule has 2 aromatic rings. The molecular formula is C23H29N3O2. The average Bonchev–Trinajstić information content (AvgIpc) is 3.04. The Bertz CT molecular complexity index is 724. The summed E-state index contributed by atoms with van der Waals surface area (Å²) in [6, 6.07) is 20.3. The van der Waals surface area contributed by atoms with Crippen LogP contribution in [-0.2, 0) is 4.79 Å². The van der Waals surface area contributed by atoms with Gasteiger partial charge in [0.2, 0.25) is 5.91 Å². The third-order valence-electron chi connectivity index (χ3n) is 5.27. The zero-order valence-electron chi connectivity index (χ0n) is 16.4. The number of benzene rings is 2. The minimum Gasteiger partial charge on any atom is -0.345 e. The maximum absolute atomic E-state index is 12.5. The van der Waals surface area contributed by atoms with Gasteiger partial charge in [0, 0.05) is 12.5 Å². The SMILES string of the molecule is C[C@H]1NC(=O)N[C@H]1CCCCCC(=O)NC(c1ccccc1)c1ccccc1. The van der Waals surface area contributed by atoms with Crippen molar-refractivity contribution in [2.45, 2.75) is 57.2 Å². The molecule has 3 N–H and O–H groups in total. The lowest BCUT2D eigenvalue weighted by Gasteiger charge is -2.20. The van der Waals surface area contributed by atoms with Gasteiger partial charge in [0.15, 0.2) is 0 Å². The second-order valence-electron chi connectivity index (χ2n) is 7.43. The van der Waals surface area contributed by atoms with E-state index in [-0.39, 0.29) is 30.1 Å². The van der Waals surface area contributed by atoms with E-state index >= 15 is 0 Å². The van der Waals surface area contributed by atoms with Crippen LogP contribution in [0.4, 0.5) is 4.79 Å². The highest BCUT2D eigenvalue weighted by molar-refractivity contribution is 5.77. The molecule has 0 saturated carbocycles. The van der Waals surface area contributed by atoms with Crippen LogP contribution in [0.2, 0.25) is 0 Å². The van der Waals surface area contributed by atoms with Crippen LogP contribution in [0.5, 0.6) is 0 Å². The van der Waals surface area contributed by atoms with Gasteiger partial charge in [-0.05, 0) is 30.9 Å². The first kappa shape index (κ1) is 19.9. The lowest BCUT2D eigenvalue weighted by molar-refractivity contribution is -0.121. The van der Waals surface area contributed by atoms with Crippen molar-refractivity contribution in [2.24, 2.45) is 0 Å². The molecule has 1 aliphatic rings. The largest absolute Gasteiger partial charge is 0.345 e. The highest BCUT2D eigenvalue weighted by Gasteiger charge is 2.26. The van der Waals surface area contributed by atoms with Gasteiger partial charge in [-0.2, -0.15) is 0 Å². The fourth-order valence-corrected chi connectivity index (χ4v) is 3.67. The highest BCUT2D eigenvalue weighted by Crippen LogP contribution is 2.22. The average molecular weight is 380 g/mol. The summed E-state index contributed by atoms with van der Waals surface area (Å²) >= 11 is 0. The molecule has 0 radical (unpaired) electrons. The Morgan fingerprint density at radius 3 is 2.07 bits per heavy atom. The number of nitrogens with one attached hydrogen (secondary N) is 3. The van der Waals surface area contributed by atoms with Crippen LogP contribution in [0, 0.1) is 0 Å². The number of carbonyl (C=O) groups excluding carboxylic acids is 2. The topological polar surface area (TPSA) is 70.2 Å². The Kier molecular flexibility index (Phi) is 7.06. The van der Waals surface area contributed by atoms with Crippen molar-refractivity contribution in [3.05, 3.63) is 71.8 Å². The number of hydrogen-bond acceptors (Lipinski definition) is 2. The van der Waals surface area contributed by atoms with Crippen LogP contribution in [0.25, 0.3) is 0 Å². The fourth-order valence-electron chi connectivity index (χ4n) is 3.67. The van der Waals surface area contributed by atoms with E-state index in [1.165, 1.54) is 0 Å². The highest BCUT2D eigenvalue weighted by atomic mass is 16.2. The number of unbranched alkanes of at least 4 members (excludes halogenated alkanes) is 2. The van der Waals surface area contributed by atoms with Gasteiger partial charge < -0.3 is 16.0 Å². The number of rotatable bonds is 9. The van der Waals surface area contributed by atoms with Gasteiger partial charge in [0.25, 0.3) is 0 Å². The maximum atomic E-state index is 12.5. The van der Waals surface area contributed by atoms with Crippen LogP contribution >= 0.6 is 0 Å². The third-order valence-corrected chi connectivity index (χ3v) is 5.27. The first-order valence-corrected chi connectivity index (χ1v) is 10.1. The zero-order valence-corrected chi connectivity index (χ0v) is 16.4. The molecular weight excluding hydrogens is 350 g/mol. The molecule has 5 nitrogen and oxygen atoms in total. The summed E-state index contributed by atoms with van der Waals surface area (Å²) < 4.78 is 0. The van der Waals surface area contributed by atoms with Gasteiger partial charge in [-0.25, -0.2) is 4.79 Å². The van der Waals surface area contributed by atoms with E-state index in [9.17, 15) is 9.59 Å². The Morgan fingerprint density at radius 1 is 0.929 bits per heavy atom. The molecule has 148 valence electrons. The number of urea groups is 1. The molecule has 2 aromatic carbocycles. The summed E-state index contributed by atoms with van der Waals surface area (Å²) in [5.74, 6) is 0.0712. The van der Waals surface area contributed by atoms with Gasteiger partial charge in [-0.3, -0.25) is 4.79 Å². The summed E-state index contributed by atoms with van der Waals surface area (Å²) in [7, 11) is 0. The van der Waals surface area contributed by atoms with E-state index < -0.39 is 0 Å². The van der Waals surface area contributed by atoms with Crippen LogP contribution < -0.4 is 16.0 Å². The van der Waals surface area contributed by atoms with Gasteiger partial charge in [-0.1, -0.05) is 73.5 Å². The third kappa shape index (κ3) is 5.59. The summed E-state index contributed by atoms with van der Waals surface area (Å²) in [6.07, 6.45) is 4.29. The van der Waals surface area contributed by atoms with Crippen molar-refractivity contribution in [1.82, 2.24) is 16.0 Å². The van der Waals surface area contributed by atoms with E-state index in [4.69, 9.17) is 0 Å². The Morgan fingerprint density at radius 2 is 1.54 bits per heavy atom. The first-order valence-electron chi connectivity index (χ1n) is 10.1. The predicted octanol–water partition coefficient (Wildman–Crippen LogP) is 3.91. The molecule has 1 fully saturated rings. The van der Waals surface area contributed by atoms with E-state index in [1.807, 2.05) is 67.6 Å². The second-order valence-corrected chi connectivity index (χ2v) is 7.43. The van der Waals surface area contributed by atoms with E-state index in [0.29, 0.717) is 6.42 Å². The molecule has 3 amide bonds. The smallest absolute Gasteiger partial charge is 0.315 e. The van der Waals surface area contributed by atoms with Crippen LogP contribution in [0.15, 0.2) is 60.7 Å². The summed E-state index contributed by atoms with van der Waals surface area (Å²) in [5.41, 5.74) is 2.17. The summed E-state index contributed by atoms with van der Waals surface area (Å²) in [5, 5.41) is 8.99. The van der Waals surface area contributed by atoms with Crippen molar-refractivity contribution in [3.8, 4) is 0 Å². The molecule has 0 aliphatic carbocycles. The van der Waals surface area contributed by atoms with Crippen molar-refractivity contribution in [2.75, 3.05) is 0 Å². The van der Waals surface area contributed by atoms with Gasteiger partial charge in [-0.15, -0.1) is 0 Å². The molecule has 5 heteroatoms. The number of carbonyl (C=O) groups is 2. The van der Waals surface area contributed by atoms with Gasteiger partial charge in [0.1, 0.15) is 0 Å². The van der Waals surface area contributed by atoms with Crippen LogP contribution in [-0.4, -0.2) is 24.0 Å². The molecule has 0 aromatic heterocycles. The van der Waals surface area contributed by atoms with Crippen LogP contribution in [0.3, 0.4) is 0 Å². The van der Waals surface area contributed by atoms with Crippen molar-refractivity contribution in [1.29, 1.82) is 0 Å². The second kappa shape index (κ2) is 9.93. The molecule has 28 heavy (non-hydrogen) atoms. The number of hydrogen-bond donors (Lipinski definition) is 3. The fraction of sp³-hybridized carbons (Fsp3) is 0.391. The van der Waals surface area contributed by atoms with E-state index in [0.717, 1.165) is 36.8 Å². The Balaban J connectivity index is 1.46. The van der Waals surface area contributed by atoms with Crippen molar-refractivity contribution in [3.63, 3.8) is 0 Å².